The number of benzene rings is 2. The number of halogens is 1. The van der Waals surface area contributed by atoms with Crippen molar-refractivity contribution in [2.75, 3.05) is 5.32 Å². The number of nitrogens with one attached hydrogen (secondary N) is 1. The number of hydrogen-bond acceptors (Lipinski definition) is 2. The van der Waals surface area contributed by atoms with Crippen LogP contribution in [0.2, 0.25) is 0 Å². The number of carbonyl (C=O) groups is 2. The third-order valence-corrected chi connectivity index (χ3v) is 4.49. The summed E-state index contributed by atoms with van der Waals surface area (Å²) in [7, 11) is 0. The second-order valence-electron chi connectivity index (χ2n) is 6.86. The monoisotopic (exact) mass is 379 g/mol. The van der Waals surface area contributed by atoms with Crippen LogP contribution in [-0.4, -0.2) is 11.7 Å². The zero-order chi connectivity index (χ0) is 20.5. The first kappa shape index (κ1) is 21.3. The van der Waals surface area contributed by atoms with E-state index < -0.39 is 5.82 Å². The molecule has 0 spiro atoms. The molecule has 1 N–H and O–H groups in total. The fourth-order valence-corrected chi connectivity index (χ4v) is 2.82. The molecular formula is C24H26FNO2. The van der Waals surface area contributed by atoms with Crippen LogP contribution in [0.1, 0.15) is 30.5 Å². The molecule has 2 aromatic rings. The van der Waals surface area contributed by atoms with Gasteiger partial charge in [-0.15, -0.1) is 0 Å². The van der Waals surface area contributed by atoms with E-state index >= 15 is 0 Å². The minimum absolute atomic E-state index is 0.110. The van der Waals surface area contributed by atoms with E-state index in [-0.39, 0.29) is 29.7 Å². The number of hydrogen-bond donors (Lipinski definition) is 1. The molecule has 2 aromatic carbocycles. The lowest BCUT2D eigenvalue weighted by atomic mass is 9.97. The average molecular weight is 379 g/mol. The number of anilines is 1. The van der Waals surface area contributed by atoms with Gasteiger partial charge in [0.25, 0.3) is 0 Å². The molecule has 146 valence electrons. The average Bonchev–Trinajstić information content (AvgIpc) is 2.66. The van der Waals surface area contributed by atoms with Crippen LogP contribution in [0.5, 0.6) is 0 Å². The number of aryl methyl sites for hydroxylation is 1. The molecule has 0 aliphatic heterocycles. The van der Waals surface area contributed by atoms with Gasteiger partial charge in [0, 0.05) is 12.3 Å². The number of amides is 1. The fourth-order valence-electron chi connectivity index (χ4n) is 2.82. The summed E-state index contributed by atoms with van der Waals surface area (Å²) in [6.07, 6.45) is 7.40. The summed E-state index contributed by atoms with van der Waals surface area (Å²) in [4.78, 5) is 24.3. The molecule has 0 fully saturated rings. The van der Waals surface area contributed by atoms with Gasteiger partial charge >= 0.3 is 0 Å². The van der Waals surface area contributed by atoms with Crippen molar-refractivity contribution in [3.05, 3.63) is 89.3 Å². The predicted molar refractivity (Wildman–Crippen MR) is 112 cm³/mol. The van der Waals surface area contributed by atoms with Gasteiger partial charge in [0.15, 0.2) is 5.78 Å². The van der Waals surface area contributed by atoms with Gasteiger partial charge < -0.3 is 5.32 Å². The van der Waals surface area contributed by atoms with Gasteiger partial charge in [-0.3, -0.25) is 9.59 Å². The van der Waals surface area contributed by atoms with Crippen molar-refractivity contribution >= 4 is 17.4 Å². The third-order valence-electron chi connectivity index (χ3n) is 4.49. The van der Waals surface area contributed by atoms with Crippen molar-refractivity contribution < 1.29 is 14.0 Å². The molecule has 1 atom stereocenters. The van der Waals surface area contributed by atoms with Gasteiger partial charge in [-0.1, -0.05) is 55.5 Å². The molecule has 0 bridgehead atoms. The van der Waals surface area contributed by atoms with Crippen LogP contribution < -0.4 is 5.32 Å². The Morgan fingerprint density at radius 2 is 1.89 bits per heavy atom. The first-order valence-electron chi connectivity index (χ1n) is 9.36. The summed E-state index contributed by atoms with van der Waals surface area (Å²) in [6.45, 7) is 5.69. The number of carbonyl (C=O) groups excluding carboxylic acids is 2. The highest BCUT2D eigenvalue weighted by atomic mass is 19.1. The lowest BCUT2D eigenvalue weighted by Gasteiger charge is -2.14. The largest absolute Gasteiger partial charge is 0.323 e. The standard InChI is InChI=1S/C24H26FNO2/c1-4-5-6-11-21(27)15-19-12-13-23(22(25)16-19)26-24(28)18(3)14-20-10-8-7-9-17(20)2/h4-13,16,18H,14-15H2,1-3H3,(H,26,28)/b5-4-,11-6-/t18-/m1/s1. The highest BCUT2D eigenvalue weighted by Crippen LogP contribution is 2.19. The van der Waals surface area contributed by atoms with Crippen molar-refractivity contribution in [1.82, 2.24) is 0 Å². The molecule has 0 unspecified atom stereocenters. The molecule has 3 nitrogen and oxygen atoms in total. The van der Waals surface area contributed by atoms with Crippen molar-refractivity contribution in [2.45, 2.75) is 33.6 Å². The molecule has 0 saturated heterocycles. The van der Waals surface area contributed by atoms with Crippen LogP contribution in [-0.2, 0) is 22.4 Å². The summed E-state index contributed by atoms with van der Waals surface area (Å²) in [5.41, 5.74) is 2.93. The molecule has 28 heavy (non-hydrogen) atoms. The number of rotatable bonds is 8. The Labute approximate surface area is 166 Å². The van der Waals surface area contributed by atoms with Crippen LogP contribution in [0.25, 0.3) is 0 Å². The molecule has 0 radical (unpaired) electrons. The molecule has 0 aromatic heterocycles. The van der Waals surface area contributed by atoms with Crippen molar-refractivity contribution in [2.24, 2.45) is 5.92 Å². The first-order valence-corrected chi connectivity index (χ1v) is 9.36. The van der Waals surface area contributed by atoms with E-state index in [2.05, 4.69) is 5.32 Å². The Balaban J connectivity index is 1.99. The van der Waals surface area contributed by atoms with E-state index in [4.69, 9.17) is 0 Å². The zero-order valence-electron chi connectivity index (χ0n) is 16.5. The van der Waals surface area contributed by atoms with Crippen molar-refractivity contribution in [1.29, 1.82) is 0 Å². The van der Waals surface area contributed by atoms with Gasteiger partial charge in [-0.2, -0.15) is 0 Å². The van der Waals surface area contributed by atoms with E-state index in [0.717, 1.165) is 11.1 Å². The third kappa shape index (κ3) is 6.31. The lowest BCUT2D eigenvalue weighted by Crippen LogP contribution is -2.23. The van der Waals surface area contributed by atoms with E-state index in [0.29, 0.717) is 12.0 Å². The van der Waals surface area contributed by atoms with Gasteiger partial charge in [0.2, 0.25) is 5.91 Å². The lowest BCUT2D eigenvalue weighted by molar-refractivity contribution is -0.119. The Morgan fingerprint density at radius 1 is 1.14 bits per heavy atom. The molecular weight excluding hydrogens is 353 g/mol. The smallest absolute Gasteiger partial charge is 0.227 e. The second-order valence-corrected chi connectivity index (χ2v) is 6.86. The van der Waals surface area contributed by atoms with Crippen LogP contribution in [0.4, 0.5) is 10.1 Å². The Bertz CT molecular complexity index is 899. The maximum absolute atomic E-state index is 14.4. The summed E-state index contributed by atoms with van der Waals surface area (Å²) < 4.78 is 14.4. The normalized spacial score (nSPS) is 12.4. The fraction of sp³-hybridized carbons (Fsp3) is 0.250. The Hall–Kier alpha value is -3.01. The highest BCUT2D eigenvalue weighted by Gasteiger charge is 2.16. The highest BCUT2D eigenvalue weighted by molar-refractivity contribution is 5.93. The molecule has 0 aliphatic rings. The second kappa shape index (κ2) is 10.4. The Morgan fingerprint density at radius 3 is 2.57 bits per heavy atom. The molecule has 4 heteroatoms. The SMILES string of the molecule is C/C=C\C=C/C(=O)Cc1ccc(NC(=O)[C@H](C)Cc2ccccc2C)c(F)c1. The van der Waals surface area contributed by atoms with Crippen LogP contribution in [0, 0.1) is 18.7 Å². The zero-order valence-corrected chi connectivity index (χ0v) is 16.5. The quantitative estimate of drug-likeness (QED) is 0.506. The van der Waals surface area contributed by atoms with Gasteiger partial charge in [-0.05, 0) is 55.2 Å². The number of allylic oxidation sites excluding steroid dienone is 4. The molecule has 0 heterocycles. The first-order chi connectivity index (χ1) is 13.4. The summed E-state index contributed by atoms with van der Waals surface area (Å²) >= 11 is 0. The van der Waals surface area contributed by atoms with Crippen LogP contribution in [0.15, 0.2) is 66.8 Å². The van der Waals surface area contributed by atoms with Gasteiger partial charge in [0.05, 0.1) is 5.69 Å². The van der Waals surface area contributed by atoms with E-state index in [1.54, 1.807) is 18.2 Å². The van der Waals surface area contributed by atoms with Crippen molar-refractivity contribution in [3.63, 3.8) is 0 Å². The van der Waals surface area contributed by atoms with Gasteiger partial charge in [-0.25, -0.2) is 4.39 Å². The van der Waals surface area contributed by atoms with Crippen molar-refractivity contribution in [3.8, 4) is 0 Å². The minimum Gasteiger partial charge on any atom is -0.323 e. The van der Waals surface area contributed by atoms with E-state index in [1.807, 2.05) is 51.1 Å². The van der Waals surface area contributed by atoms with Gasteiger partial charge in [0.1, 0.15) is 5.82 Å². The summed E-state index contributed by atoms with van der Waals surface area (Å²) in [5, 5.41) is 2.65. The molecule has 2 rings (SSSR count). The number of ketones is 1. The minimum atomic E-state index is -0.542. The van der Waals surface area contributed by atoms with E-state index in [1.165, 1.54) is 18.2 Å². The summed E-state index contributed by atoms with van der Waals surface area (Å²) in [5.74, 6) is -1.18. The van der Waals surface area contributed by atoms with Crippen LogP contribution >= 0.6 is 0 Å². The topological polar surface area (TPSA) is 46.2 Å². The van der Waals surface area contributed by atoms with Crippen LogP contribution in [0.3, 0.4) is 0 Å². The maximum atomic E-state index is 14.4. The Kier molecular flexibility index (Phi) is 7.88. The summed E-state index contributed by atoms with van der Waals surface area (Å²) in [6, 6.07) is 12.4. The molecule has 1 amide bonds. The van der Waals surface area contributed by atoms with E-state index in [9.17, 15) is 14.0 Å². The predicted octanol–water partition coefficient (Wildman–Crippen LogP) is 5.20. The molecule has 0 saturated carbocycles. The molecule has 0 aliphatic carbocycles. The maximum Gasteiger partial charge on any atom is 0.227 e.